The monoisotopic (exact) mass is 247 g/mol. The molecule has 0 amide bonds. The summed E-state index contributed by atoms with van der Waals surface area (Å²) in [6.07, 6.45) is 0. The summed E-state index contributed by atoms with van der Waals surface area (Å²) >= 11 is 1.23. The number of methoxy groups -OCH3 is 1. The lowest BCUT2D eigenvalue weighted by Crippen LogP contribution is -2.03. The topological polar surface area (TPSA) is 72.0 Å². The molecule has 0 fully saturated rings. The summed E-state index contributed by atoms with van der Waals surface area (Å²) in [5.74, 6) is 0.772. The third-order valence-corrected chi connectivity index (χ3v) is 3.10. The minimum Gasteiger partial charge on any atom is -0.497 e. The van der Waals surface area contributed by atoms with E-state index in [1.807, 2.05) is 31.2 Å². The van der Waals surface area contributed by atoms with Crippen LogP contribution in [-0.2, 0) is 0 Å². The summed E-state index contributed by atoms with van der Waals surface area (Å²) in [6.45, 7) is 1.92. The molecule has 88 valence electrons. The van der Waals surface area contributed by atoms with Crippen LogP contribution in [-0.4, -0.2) is 17.3 Å². The van der Waals surface area contributed by atoms with E-state index in [0.29, 0.717) is 0 Å². The lowest BCUT2D eigenvalue weighted by molar-refractivity contribution is 0.415. The Kier molecular flexibility index (Phi) is 3.19. The van der Waals surface area contributed by atoms with Gasteiger partial charge in [-0.2, -0.15) is 0 Å². The van der Waals surface area contributed by atoms with E-state index in [-0.39, 0.29) is 5.17 Å². The van der Waals surface area contributed by atoms with Crippen LogP contribution in [0.5, 0.6) is 5.75 Å². The van der Waals surface area contributed by atoms with Gasteiger partial charge >= 0.3 is 0 Å². The number of aryl methyl sites for hydroxylation is 1. The van der Waals surface area contributed by atoms with E-state index in [2.05, 4.69) is 4.98 Å². The molecule has 0 saturated carbocycles. The van der Waals surface area contributed by atoms with E-state index in [1.165, 1.54) is 11.8 Å². The van der Waals surface area contributed by atoms with Crippen molar-refractivity contribution in [1.29, 1.82) is 5.41 Å². The summed E-state index contributed by atoms with van der Waals surface area (Å²) in [7, 11) is 1.63. The first-order valence-electron chi connectivity index (χ1n) is 5.07. The highest BCUT2D eigenvalue weighted by Gasteiger charge is 2.07. The average molecular weight is 247 g/mol. The minimum atomic E-state index is 0.0692. The first-order chi connectivity index (χ1) is 8.10. The first-order valence-corrected chi connectivity index (χ1v) is 5.89. The molecular formula is C12H13N3OS. The van der Waals surface area contributed by atoms with Crippen molar-refractivity contribution < 1.29 is 4.74 Å². The molecule has 1 aromatic heterocycles. The number of ether oxygens (including phenoxy) is 1. The molecule has 0 aliphatic rings. The molecule has 4 nitrogen and oxygen atoms in total. The zero-order valence-corrected chi connectivity index (χ0v) is 10.5. The normalized spacial score (nSPS) is 10.5. The van der Waals surface area contributed by atoms with E-state index >= 15 is 0 Å². The van der Waals surface area contributed by atoms with Gasteiger partial charge in [0.1, 0.15) is 5.75 Å². The fourth-order valence-corrected chi connectivity index (χ4v) is 2.37. The molecule has 0 radical (unpaired) electrons. The molecule has 2 rings (SSSR count). The number of amidine groups is 1. The Hall–Kier alpha value is -1.75. The van der Waals surface area contributed by atoms with Crippen LogP contribution in [0.2, 0.25) is 0 Å². The molecule has 5 heteroatoms. The Morgan fingerprint density at radius 3 is 2.82 bits per heavy atom. The quantitative estimate of drug-likeness (QED) is 0.486. The Morgan fingerprint density at radius 2 is 2.18 bits per heavy atom. The summed E-state index contributed by atoms with van der Waals surface area (Å²) in [4.78, 5) is 5.37. The number of hydrogen-bond acceptors (Lipinski definition) is 4. The molecule has 2 aromatic rings. The molecule has 0 aliphatic carbocycles. The van der Waals surface area contributed by atoms with Crippen molar-refractivity contribution in [3.05, 3.63) is 30.0 Å². The van der Waals surface area contributed by atoms with Gasteiger partial charge in [0.25, 0.3) is 0 Å². The van der Waals surface area contributed by atoms with Gasteiger partial charge < -0.3 is 10.5 Å². The van der Waals surface area contributed by atoms with Gasteiger partial charge in [-0.1, -0.05) is 11.8 Å². The highest BCUT2D eigenvalue weighted by Crippen LogP contribution is 2.30. The van der Waals surface area contributed by atoms with Gasteiger partial charge in [0.2, 0.25) is 0 Å². The first kappa shape index (κ1) is 11.7. The van der Waals surface area contributed by atoms with Crippen LogP contribution in [0.15, 0.2) is 29.2 Å². The fraction of sp³-hybridized carbons (Fsp3) is 0.167. The molecule has 1 aromatic carbocycles. The number of nitrogens with two attached hydrogens (primary N) is 1. The van der Waals surface area contributed by atoms with Crippen molar-refractivity contribution in [2.45, 2.75) is 11.8 Å². The maximum absolute atomic E-state index is 7.37. The number of fused-ring (bicyclic) bond motifs is 1. The highest BCUT2D eigenvalue weighted by atomic mass is 32.2. The Bertz CT molecular complexity index is 583. The zero-order valence-electron chi connectivity index (χ0n) is 9.65. The van der Waals surface area contributed by atoms with Crippen molar-refractivity contribution >= 4 is 27.8 Å². The van der Waals surface area contributed by atoms with Crippen molar-refractivity contribution in [1.82, 2.24) is 4.98 Å². The molecule has 0 spiro atoms. The number of rotatable bonds is 2. The third-order valence-electron chi connectivity index (χ3n) is 2.33. The van der Waals surface area contributed by atoms with Crippen molar-refractivity contribution in [2.75, 3.05) is 7.11 Å². The molecule has 3 N–H and O–H groups in total. The zero-order chi connectivity index (χ0) is 12.4. The van der Waals surface area contributed by atoms with E-state index in [0.717, 1.165) is 27.2 Å². The lowest BCUT2D eigenvalue weighted by Gasteiger charge is -2.08. The Balaban J connectivity index is 2.65. The lowest BCUT2D eigenvalue weighted by atomic mass is 10.2. The summed E-state index contributed by atoms with van der Waals surface area (Å²) in [5, 5.41) is 8.39. The van der Waals surface area contributed by atoms with Gasteiger partial charge in [0, 0.05) is 16.0 Å². The van der Waals surface area contributed by atoms with E-state index in [9.17, 15) is 0 Å². The molecule has 0 atom stereocenters. The second kappa shape index (κ2) is 4.63. The van der Waals surface area contributed by atoms with Crippen LogP contribution in [0.4, 0.5) is 0 Å². The van der Waals surface area contributed by atoms with Crippen molar-refractivity contribution in [3.63, 3.8) is 0 Å². The number of thioether (sulfide) groups is 1. The second-order valence-electron chi connectivity index (χ2n) is 3.61. The molecule has 0 saturated heterocycles. The van der Waals surface area contributed by atoms with Gasteiger partial charge in [-0.15, -0.1) is 0 Å². The van der Waals surface area contributed by atoms with E-state index < -0.39 is 0 Å². The number of pyridine rings is 1. The van der Waals surface area contributed by atoms with Gasteiger partial charge in [-0.3, -0.25) is 10.4 Å². The second-order valence-corrected chi connectivity index (χ2v) is 4.69. The number of hydrogen-bond donors (Lipinski definition) is 2. The molecule has 0 aliphatic heterocycles. The minimum absolute atomic E-state index is 0.0692. The maximum Gasteiger partial charge on any atom is 0.155 e. The summed E-state index contributed by atoms with van der Waals surface area (Å²) in [6, 6.07) is 7.61. The van der Waals surface area contributed by atoms with Crippen LogP contribution in [0.25, 0.3) is 10.9 Å². The predicted molar refractivity (Wildman–Crippen MR) is 70.8 cm³/mol. The van der Waals surface area contributed by atoms with Crippen LogP contribution in [0.3, 0.4) is 0 Å². The SMILES string of the molecule is COc1ccc2nc(C)cc(SC(=N)N)c2c1. The van der Waals surface area contributed by atoms with Crippen LogP contribution in [0.1, 0.15) is 5.69 Å². The van der Waals surface area contributed by atoms with Crippen LogP contribution in [0, 0.1) is 12.3 Å². The fourth-order valence-electron chi connectivity index (χ4n) is 1.63. The number of aromatic nitrogens is 1. The molecule has 17 heavy (non-hydrogen) atoms. The number of nitrogens with zero attached hydrogens (tertiary/aromatic N) is 1. The van der Waals surface area contributed by atoms with E-state index in [1.54, 1.807) is 7.11 Å². The molecule has 1 heterocycles. The molecular weight excluding hydrogens is 234 g/mol. The maximum atomic E-state index is 7.37. The number of benzene rings is 1. The van der Waals surface area contributed by atoms with Gasteiger partial charge in [0.15, 0.2) is 5.17 Å². The summed E-state index contributed by atoms with van der Waals surface area (Å²) in [5.41, 5.74) is 7.22. The van der Waals surface area contributed by atoms with Gasteiger partial charge in [-0.05, 0) is 31.2 Å². The van der Waals surface area contributed by atoms with Gasteiger partial charge in [-0.25, -0.2) is 0 Å². The van der Waals surface area contributed by atoms with E-state index in [4.69, 9.17) is 15.9 Å². The third kappa shape index (κ3) is 2.50. The average Bonchev–Trinajstić information content (AvgIpc) is 2.27. The van der Waals surface area contributed by atoms with Crippen molar-refractivity contribution in [2.24, 2.45) is 5.73 Å². The van der Waals surface area contributed by atoms with Crippen LogP contribution >= 0.6 is 11.8 Å². The molecule has 0 bridgehead atoms. The Morgan fingerprint density at radius 1 is 1.41 bits per heavy atom. The summed E-state index contributed by atoms with van der Waals surface area (Å²) < 4.78 is 5.19. The van der Waals surface area contributed by atoms with Gasteiger partial charge in [0.05, 0.1) is 12.6 Å². The highest BCUT2D eigenvalue weighted by molar-refractivity contribution is 8.13. The predicted octanol–water partition coefficient (Wildman–Crippen LogP) is 2.54. The Labute approximate surface area is 104 Å². The van der Waals surface area contributed by atoms with Crippen molar-refractivity contribution in [3.8, 4) is 5.75 Å². The standard InChI is InChI=1S/C12H13N3OS/c1-7-5-11(17-12(13)14)9-6-8(16-2)3-4-10(9)15-7/h3-6H,1-2H3,(H3,13,14). The smallest absolute Gasteiger partial charge is 0.155 e. The number of nitrogens with one attached hydrogen (secondary N) is 1. The largest absolute Gasteiger partial charge is 0.497 e. The van der Waals surface area contributed by atoms with Crippen LogP contribution < -0.4 is 10.5 Å². The molecule has 0 unspecified atom stereocenters.